The molecule has 0 bridgehead atoms. The van der Waals surface area contributed by atoms with E-state index >= 15 is 0 Å². The number of nitrogens with zero attached hydrogens (tertiary/aromatic N) is 1. The molecule has 0 aromatic heterocycles. The van der Waals surface area contributed by atoms with E-state index < -0.39 is 10.0 Å². The van der Waals surface area contributed by atoms with E-state index in [1.54, 1.807) is 28.6 Å². The highest BCUT2D eigenvalue weighted by atomic mass is 32.2. The summed E-state index contributed by atoms with van der Waals surface area (Å²) in [5.74, 6) is -0.120. The van der Waals surface area contributed by atoms with Crippen LogP contribution in [0.4, 0.5) is 0 Å². The molecule has 0 radical (unpaired) electrons. The molecule has 1 N–H and O–H groups in total. The molecule has 2 rings (SSSR count). The van der Waals surface area contributed by atoms with E-state index in [4.69, 9.17) is 0 Å². The van der Waals surface area contributed by atoms with Crippen molar-refractivity contribution in [2.75, 3.05) is 13.1 Å². The minimum atomic E-state index is -3.26. The van der Waals surface area contributed by atoms with Crippen LogP contribution in [0.5, 0.6) is 0 Å². The van der Waals surface area contributed by atoms with E-state index in [1.807, 2.05) is 13.8 Å². The molecule has 1 aliphatic rings. The maximum Gasteiger partial charge on any atom is 0.251 e. The Bertz CT molecular complexity index is 620. The summed E-state index contributed by atoms with van der Waals surface area (Å²) in [4.78, 5) is 12.0. The molecule has 23 heavy (non-hydrogen) atoms. The van der Waals surface area contributed by atoms with Crippen LogP contribution < -0.4 is 5.32 Å². The zero-order valence-electron chi connectivity index (χ0n) is 13.9. The van der Waals surface area contributed by atoms with E-state index in [9.17, 15) is 13.2 Å². The zero-order valence-corrected chi connectivity index (χ0v) is 14.7. The molecule has 1 aromatic carbocycles. The maximum atomic E-state index is 12.4. The van der Waals surface area contributed by atoms with Crippen LogP contribution >= 0.6 is 0 Å². The summed E-state index contributed by atoms with van der Waals surface area (Å²) in [5, 5.41) is 2.90. The highest BCUT2D eigenvalue weighted by Crippen LogP contribution is 2.17. The Morgan fingerprint density at radius 2 is 1.78 bits per heavy atom. The fourth-order valence-electron chi connectivity index (χ4n) is 2.61. The summed E-state index contributed by atoms with van der Waals surface area (Å²) in [7, 11) is -3.26. The molecule has 1 aromatic rings. The lowest BCUT2D eigenvalue weighted by molar-refractivity contribution is 0.0939. The summed E-state index contributed by atoms with van der Waals surface area (Å²) in [5.41, 5.74) is 1.28. The van der Waals surface area contributed by atoms with E-state index in [0.717, 1.165) is 31.2 Å². The van der Waals surface area contributed by atoms with Crippen molar-refractivity contribution in [2.24, 2.45) is 0 Å². The van der Waals surface area contributed by atoms with E-state index in [-0.39, 0.29) is 17.7 Å². The first-order valence-electron chi connectivity index (χ1n) is 8.30. The normalized spacial score (nSPS) is 17.7. The summed E-state index contributed by atoms with van der Waals surface area (Å²) in [6.45, 7) is 5.21. The number of carbonyl (C=O) groups is 1. The lowest BCUT2D eigenvalue weighted by atomic mass is 10.1. The van der Waals surface area contributed by atoms with E-state index in [1.165, 1.54) is 0 Å². The average molecular weight is 338 g/mol. The monoisotopic (exact) mass is 338 g/mol. The molecule has 1 heterocycles. The second-order valence-electron chi connectivity index (χ2n) is 6.20. The van der Waals surface area contributed by atoms with Crippen molar-refractivity contribution in [3.05, 3.63) is 35.4 Å². The Balaban J connectivity index is 2.00. The van der Waals surface area contributed by atoms with Gasteiger partial charge in [-0.1, -0.05) is 25.5 Å². The molecule has 1 aliphatic heterocycles. The number of benzene rings is 1. The summed E-state index contributed by atoms with van der Waals surface area (Å²) < 4.78 is 26.4. The van der Waals surface area contributed by atoms with Crippen LogP contribution in [0, 0.1) is 0 Å². The molecular formula is C17H26N2O3S. The first kappa shape index (κ1) is 17.9. The first-order valence-corrected chi connectivity index (χ1v) is 9.91. The van der Waals surface area contributed by atoms with Crippen LogP contribution in [0.15, 0.2) is 24.3 Å². The SMILES string of the molecule is CCC(C)NC(=O)c1ccc(CS(=O)(=O)N2CCCCC2)cc1. The molecular weight excluding hydrogens is 312 g/mol. The standard InChI is InChI=1S/C17H26N2O3S/c1-3-14(2)18-17(20)16-9-7-15(8-10-16)13-23(21,22)19-11-5-4-6-12-19/h7-10,14H,3-6,11-13H2,1-2H3,(H,18,20). The second-order valence-corrected chi connectivity index (χ2v) is 8.16. The number of hydrogen-bond acceptors (Lipinski definition) is 3. The van der Waals surface area contributed by atoms with Gasteiger partial charge in [-0.2, -0.15) is 0 Å². The van der Waals surface area contributed by atoms with Gasteiger partial charge in [0, 0.05) is 24.7 Å². The Kier molecular flexibility index (Phi) is 6.18. The van der Waals surface area contributed by atoms with Crippen LogP contribution in [0.1, 0.15) is 55.5 Å². The number of rotatable bonds is 6. The van der Waals surface area contributed by atoms with Crippen LogP contribution in [-0.4, -0.2) is 37.8 Å². The van der Waals surface area contributed by atoms with E-state index in [2.05, 4.69) is 5.32 Å². The van der Waals surface area contributed by atoms with Crippen LogP contribution in [0.2, 0.25) is 0 Å². The van der Waals surface area contributed by atoms with Crippen LogP contribution in [0.3, 0.4) is 0 Å². The quantitative estimate of drug-likeness (QED) is 0.867. The summed E-state index contributed by atoms with van der Waals surface area (Å²) >= 11 is 0. The number of carbonyl (C=O) groups excluding carboxylic acids is 1. The van der Waals surface area contributed by atoms with Crippen LogP contribution in [0.25, 0.3) is 0 Å². The first-order chi connectivity index (χ1) is 10.9. The van der Waals surface area contributed by atoms with Crippen molar-refractivity contribution in [3.8, 4) is 0 Å². The summed E-state index contributed by atoms with van der Waals surface area (Å²) in [6.07, 6.45) is 3.85. The van der Waals surface area contributed by atoms with E-state index in [0.29, 0.717) is 18.7 Å². The molecule has 128 valence electrons. The molecule has 1 saturated heterocycles. The maximum absolute atomic E-state index is 12.4. The average Bonchev–Trinajstić information content (AvgIpc) is 2.55. The van der Waals surface area contributed by atoms with Gasteiger partial charge < -0.3 is 5.32 Å². The van der Waals surface area contributed by atoms with Gasteiger partial charge in [0.05, 0.1) is 5.75 Å². The molecule has 5 nitrogen and oxygen atoms in total. The van der Waals surface area contributed by atoms with Gasteiger partial charge in [-0.15, -0.1) is 0 Å². The third kappa shape index (κ3) is 5.04. The predicted molar refractivity (Wildman–Crippen MR) is 91.7 cm³/mol. The lowest BCUT2D eigenvalue weighted by Crippen LogP contribution is -2.36. The molecule has 6 heteroatoms. The molecule has 1 fully saturated rings. The Morgan fingerprint density at radius 1 is 1.17 bits per heavy atom. The summed E-state index contributed by atoms with van der Waals surface area (Å²) in [6, 6.07) is 6.97. The predicted octanol–water partition coefficient (Wildman–Crippen LogP) is 2.53. The van der Waals surface area contributed by atoms with Crippen molar-refractivity contribution in [2.45, 2.75) is 51.3 Å². The minimum Gasteiger partial charge on any atom is -0.350 e. The lowest BCUT2D eigenvalue weighted by Gasteiger charge is -2.25. The number of nitrogens with one attached hydrogen (secondary N) is 1. The Hall–Kier alpha value is -1.40. The van der Waals surface area contributed by atoms with Crippen molar-refractivity contribution in [1.82, 2.24) is 9.62 Å². The van der Waals surface area contributed by atoms with Gasteiger partial charge in [0.2, 0.25) is 10.0 Å². The topological polar surface area (TPSA) is 66.5 Å². The van der Waals surface area contributed by atoms with Gasteiger partial charge in [-0.05, 0) is 43.9 Å². The molecule has 1 atom stereocenters. The van der Waals surface area contributed by atoms with Gasteiger partial charge in [0.25, 0.3) is 5.91 Å². The third-order valence-electron chi connectivity index (χ3n) is 4.26. The molecule has 0 saturated carbocycles. The van der Waals surface area contributed by atoms with Crippen molar-refractivity contribution < 1.29 is 13.2 Å². The fourth-order valence-corrected chi connectivity index (χ4v) is 4.22. The number of amides is 1. The molecule has 1 amide bonds. The minimum absolute atomic E-state index is 0.000260. The highest BCUT2D eigenvalue weighted by Gasteiger charge is 2.24. The molecule has 1 unspecified atom stereocenters. The third-order valence-corrected chi connectivity index (χ3v) is 6.11. The van der Waals surface area contributed by atoms with Gasteiger partial charge in [0.15, 0.2) is 0 Å². The number of piperidine rings is 1. The van der Waals surface area contributed by atoms with Crippen molar-refractivity contribution in [3.63, 3.8) is 0 Å². The molecule has 0 spiro atoms. The van der Waals surface area contributed by atoms with Gasteiger partial charge in [0.1, 0.15) is 0 Å². The smallest absolute Gasteiger partial charge is 0.251 e. The van der Waals surface area contributed by atoms with Crippen molar-refractivity contribution in [1.29, 1.82) is 0 Å². The Labute approximate surface area is 139 Å². The van der Waals surface area contributed by atoms with Gasteiger partial charge in [-0.3, -0.25) is 4.79 Å². The number of sulfonamides is 1. The highest BCUT2D eigenvalue weighted by molar-refractivity contribution is 7.88. The number of hydrogen-bond donors (Lipinski definition) is 1. The van der Waals surface area contributed by atoms with Gasteiger partial charge in [-0.25, -0.2) is 12.7 Å². The Morgan fingerprint density at radius 3 is 2.35 bits per heavy atom. The largest absolute Gasteiger partial charge is 0.350 e. The molecule has 0 aliphatic carbocycles. The van der Waals surface area contributed by atoms with Crippen LogP contribution in [-0.2, 0) is 15.8 Å². The van der Waals surface area contributed by atoms with Crippen molar-refractivity contribution >= 4 is 15.9 Å². The second kappa shape index (κ2) is 7.93. The zero-order chi connectivity index (χ0) is 16.9. The van der Waals surface area contributed by atoms with Gasteiger partial charge >= 0.3 is 0 Å². The fraction of sp³-hybridized carbons (Fsp3) is 0.588.